The maximum absolute atomic E-state index is 12.4. The van der Waals surface area contributed by atoms with Gasteiger partial charge in [0.25, 0.3) is 5.91 Å². The van der Waals surface area contributed by atoms with Gasteiger partial charge in [-0.1, -0.05) is 11.6 Å². The van der Waals surface area contributed by atoms with Crippen molar-refractivity contribution in [3.05, 3.63) is 65.0 Å². The van der Waals surface area contributed by atoms with Crippen molar-refractivity contribution < 1.29 is 13.9 Å². The first kappa shape index (κ1) is 20.8. The van der Waals surface area contributed by atoms with E-state index in [4.69, 9.17) is 20.8 Å². The van der Waals surface area contributed by atoms with Gasteiger partial charge in [-0.25, -0.2) is 4.98 Å². The standard InChI is InChI=1S/C24H23ClN4O3/c25-17-2-4-21-19(13-17)20(24(30)28-21)14-18-3-5-22(32-18)16-1-6-23(27-15-16)26-7-8-29-9-11-31-12-10-29/h1-6,13-15H,7-12H2,(H,26,27)(H,28,30)/b20-14+. The number of halogens is 1. The molecule has 2 aromatic heterocycles. The van der Waals surface area contributed by atoms with E-state index in [-0.39, 0.29) is 5.91 Å². The molecule has 0 bridgehead atoms. The third-order valence-corrected chi connectivity index (χ3v) is 5.80. The number of anilines is 2. The van der Waals surface area contributed by atoms with Crippen molar-refractivity contribution in [2.45, 2.75) is 0 Å². The molecule has 1 amide bonds. The SMILES string of the molecule is O=C1Nc2ccc(Cl)cc2/C1=C\c1ccc(-c2ccc(NCCN3CCOCC3)nc2)o1. The first-order valence-electron chi connectivity index (χ1n) is 10.6. The molecule has 3 aromatic rings. The van der Waals surface area contributed by atoms with Gasteiger partial charge < -0.3 is 19.8 Å². The number of pyridine rings is 1. The molecule has 0 aliphatic carbocycles. The number of carbonyl (C=O) groups excluding carboxylic acids is 1. The number of fused-ring (bicyclic) bond motifs is 1. The van der Waals surface area contributed by atoms with Crippen molar-refractivity contribution in [1.82, 2.24) is 9.88 Å². The Balaban J connectivity index is 1.24. The molecule has 1 aromatic carbocycles. The van der Waals surface area contributed by atoms with Crippen LogP contribution >= 0.6 is 11.6 Å². The van der Waals surface area contributed by atoms with Crippen LogP contribution in [0.4, 0.5) is 11.5 Å². The first-order chi connectivity index (χ1) is 15.7. The number of furan rings is 1. The topological polar surface area (TPSA) is 79.6 Å². The Morgan fingerprint density at radius 2 is 2.03 bits per heavy atom. The van der Waals surface area contributed by atoms with Crippen molar-refractivity contribution in [3.8, 4) is 11.3 Å². The highest BCUT2D eigenvalue weighted by molar-refractivity contribution is 6.36. The van der Waals surface area contributed by atoms with Crippen LogP contribution in [0.2, 0.25) is 5.02 Å². The molecule has 0 atom stereocenters. The van der Waals surface area contributed by atoms with Crippen LogP contribution in [0.15, 0.2) is 53.1 Å². The lowest BCUT2D eigenvalue weighted by Crippen LogP contribution is -2.39. The van der Waals surface area contributed by atoms with Crippen LogP contribution in [0.5, 0.6) is 0 Å². The molecule has 0 saturated carbocycles. The maximum Gasteiger partial charge on any atom is 0.256 e. The largest absolute Gasteiger partial charge is 0.457 e. The molecule has 2 aliphatic heterocycles. The Kier molecular flexibility index (Phi) is 5.94. The number of amides is 1. The van der Waals surface area contributed by atoms with Gasteiger partial charge in [0.15, 0.2) is 0 Å². The molecule has 164 valence electrons. The minimum Gasteiger partial charge on any atom is -0.457 e. The van der Waals surface area contributed by atoms with Crippen LogP contribution in [0.1, 0.15) is 11.3 Å². The summed E-state index contributed by atoms with van der Waals surface area (Å²) in [7, 11) is 0. The Morgan fingerprint density at radius 1 is 1.16 bits per heavy atom. The van der Waals surface area contributed by atoms with Gasteiger partial charge in [0.2, 0.25) is 0 Å². The van der Waals surface area contributed by atoms with Gasteiger partial charge in [0.05, 0.1) is 18.8 Å². The smallest absolute Gasteiger partial charge is 0.256 e. The van der Waals surface area contributed by atoms with Crippen LogP contribution in [0, 0.1) is 0 Å². The lowest BCUT2D eigenvalue weighted by molar-refractivity contribution is -0.110. The fourth-order valence-electron chi connectivity index (χ4n) is 3.84. The summed E-state index contributed by atoms with van der Waals surface area (Å²) in [6.45, 7) is 5.36. The molecule has 4 heterocycles. The summed E-state index contributed by atoms with van der Waals surface area (Å²) < 4.78 is 11.3. The fraction of sp³-hybridized carbons (Fsp3) is 0.250. The number of nitrogens with zero attached hydrogens (tertiary/aromatic N) is 2. The number of aromatic nitrogens is 1. The average Bonchev–Trinajstić information content (AvgIpc) is 3.40. The van der Waals surface area contributed by atoms with Crippen molar-refractivity contribution in [3.63, 3.8) is 0 Å². The lowest BCUT2D eigenvalue weighted by atomic mass is 10.1. The third-order valence-electron chi connectivity index (χ3n) is 5.56. The highest BCUT2D eigenvalue weighted by Gasteiger charge is 2.24. The fourth-order valence-corrected chi connectivity index (χ4v) is 4.01. The number of hydrogen-bond donors (Lipinski definition) is 2. The van der Waals surface area contributed by atoms with E-state index in [1.165, 1.54) is 0 Å². The van der Waals surface area contributed by atoms with Gasteiger partial charge in [-0.3, -0.25) is 9.69 Å². The summed E-state index contributed by atoms with van der Waals surface area (Å²) in [5.41, 5.74) is 2.92. The van der Waals surface area contributed by atoms with E-state index in [1.807, 2.05) is 24.3 Å². The molecule has 0 radical (unpaired) electrons. The Morgan fingerprint density at radius 3 is 2.84 bits per heavy atom. The first-order valence-corrected chi connectivity index (χ1v) is 11.0. The van der Waals surface area contributed by atoms with E-state index in [9.17, 15) is 4.79 Å². The molecule has 8 heteroatoms. The minimum absolute atomic E-state index is 0.172. The maximum atomic E-state index is 12.4. The second-order valence-corrected chi connectivity index (χ2v) is 8.15. The van der Waals surface area contributed by atoms with Crippen molar-refractivity contribution >= 4 is 40.7 Å². The second kappa shape index (κ2) is 9.16. The second-order valence-electron chi connectivity index (χ2n) is 7.72. The van der Waals surface area contributed by atoms with E-state index in [2.05, 4.69) is 20.5 Å². The summed E-state index contributed by atoms with van der Waals surface area (Å²) in [4.78, 5) is 19.2. The highest BCUT2D eigenvalue weighted by Crippen LogP contribution is 2.35. The molecular formula is C24H23ClN4O3. The van der Waals surface area contributed by atoms with Gasteiger partial charge in [-0.2, -0.15) is 0 Å². The number of nitrogens with one attached hydrogen (secondary N) is 2. The zero-order valence-electron chi connectivity index (χ0n) is 17.4. The average molecular weight is 451 g/mol. The zero-order valence-corrected chi connectivity index (χ0v) is 18.2. The molecule has 32 heavy (non-hydrogen) atoms. The minimum atomic E-state index is -0.172. The number of hydrogen-bond acceptors (Lipinski definition) is 6. The highest BCUT2D eigenvalue weighted by atomic mass is 35.5. The monoisotopic (exact) mass is 450 g/mol. The van der Waals surface area contributed by atoms with Crippen LogP contribution in [0.25, 0.3) is 23.0 Å². The zero-order chi connectivity index (χ0) is 21.9. The Hall–Kier alpha value is -3.13. The normalized spacial score (nSPS) is 17.4. The van der Waals surface area contributed by atoms with Crippen molar-refractivity contribution in [2.24, 2.45) is 0 Å². The molecule has 7 nitrogen and oxygen atoms in total. The predicted molar refractivity (Wildman–Crippen MR) is 126 cm³/mol. The van der Waals surface area contributed by atoms with E-state index >= 15 is 0 Å². The molecule has 5 rings (SSSR count). The quantitative estimate of drug-likeness (QED) is 0.547. The summed E-state index contributed by atoms with van der Waals surface area (Å²) in [6.07, 6.45) is 3.51. The van der Waals surface area contributed by atoms with Crippen molar-refractivity contribution in [2.75, 3.05) is 50.0 Å². The van der Waals surface area contributed by atoms with Gasteiger partial charge in [0, 0.05) is 54.2 Å². The van der Waals surface area contributed by atoms with E-state index < -0.39 is 0 Å². The molecule has 2 N–H and O–H groups in total. The van der Waals surface area contributed by atoms with Gasteiger partial charge >= 0.3 is 0 Å². The summed E-state index contributed by atoms with van der Waals surface area (Å²) >= 11 is 6.10. The number of morpholine rings is 1. The number of ether oxygens (including phenoxy) is 1. The molecule has 1 fully saturated rings. The van der Waals surface area contributed by atoms with Gasteiger partial charge in [0.1, 0.15) is 17.3 Å². The lowest BCUT2D eigenvalue weighted by Gasteiger charge is -2.26. The van der Waals surface area contributed by atoms with Crippen LogP contribution in [-0.2, 0) is 9.53 Å². The van der Waals surface area contributed by atoms with Crippen LogP contribution in [0.3, 0.4) is 0 Å². The third kappa shape index (κ3) is 4.55. The van der Waals surface area contributed by atoms with E-state index in [1.54, 1.807) is 30.5 Å². The van der Waals surface area contributed by atoms with Gasteiger partial charge in [-0.05, 0) is 48.5 Å². The molecule has 0 spiro atoms. The van der Waals surface area contributed by atoms with Crippen LogP contribution < -0.4 is 10.6 Å². The Bertz CT molecular complexity index is 1150. The predicted octanol–water partition coefficient (Wildman–Crippen LogP) is 4.23. The summed E-state index contributed by atoms with van der Waals surface area (Å²) in [6, 6.07) is 13.0. The van der Waals surface area contributed by atoms with E-state index in [0.29, 0.717) is 22.1 Å². The summed E-state index contributed by atoms with van der Waals surface area (Å²) in [5.74, 6) is 1.93. The number of carbonyl (C=O) groups is 1. The van der Waals surface area contributed by atoms with Gasteiger partial charge in [-0.15, -0.1) is 0 Å². The van der Waals surface area contributed by atoms with E-state index in [0.717, 1.165) is 62.0 Å². The summed E-state index contributed by atoms with van der Waals surface area (Å²) in [5, 5.41) is 6.78. The molecule has 0 unspecified atom stereocenters. The van der Waals surface area contributed by atoms with Crippen molar-refractivity contribution in [1.29, 1.82) is 0 Å². The molecular weight excluding hydrogens is 428 g/mol. The molecule has 1 saturated heterocycles. The number of rotatable bonds is 6. The number of benzene rings is 1. The Labute approximate surface area is 191 Å². The molecule has 2 aliphatic rings. The van der Waals surface area contributed by atoms with Crippen LogP contribution in [-0.4, -0.2) is 55.2 Å².